The van der Waals surface area contributed by atoms with E-state index >= 15 is 0 Å². The second kappa shape index (κ2) is 10.2. The van der Waals surface area contributed by atoms with E-state index in [2.05, 4.69) is 26.0 Å². The highest BCUT2D eigenvalue weighted by molar-refractivity contribution is 7.99. The van der Waals surface area contributed by atoms with E-state index in [-0.39, 0.29) is 17.6 Å². The van der Waals surface area contributed by atoms with Crippen molar-refractivity contribution in [1.29, 1.82) is 0 Å². The average molecular weight is 466 g/mol. The van der Waals surface area contributed by atoms with Crippen molar-refractivity contribution in [2.75, 3.05) is 29.4 Å². The lowest BCUT2D eigenvalue weighted by Crippen LogP contribution is -2.16. The maximum Gasteiger partial charge on any atom is 0.264 e. The number of carbonyl (C=O) groups is 1. The third-order valence-electron chi connectivity index (χ3n) is 3.72. The number of thioether (sulfide) groups is 1. The first kappa shape index (κ1) is 21.8. The van der Waals surface area contributed by atoms with E-state index in [4.69, 9.17) is 33.8 Å². The van der Waals surface area contributed by atoms with Crippen molar-refractivity contribution in [3.63, 3.8) is 0 Å². The molecule has 1 aromatic heterocycles. The van der Waals surface area contributed by atoms with Crippen LogP contribution in [-0.4, -0.2) is 39.9 Å². The molecule has 0 saturated heterocycles. The normalized spacial score (nSPS) is 10.9. The first-order valence-electron chi connectivity index (χ1n) is 8.48. The topological polar surface area (TPSA) is 119 Å². The van der Waals surface area contributed by atoms with Crippen LogP contribution >= 0.6 is 35.0 Å². The number of rotatable bonds is 8. The minimum Gasteiger partial charge on any atom is -0.497 e. The molecule has 12 heteroatoms. The molecule has 3 aromatic rings. The number of nitrogen functional groups attached to an aromatic ring is 1. The molecule has 30 heavy (non-hydrogen) atoms. The second-order valence-corrected chi connectivity index (χ2v) is 7.48. The quantitative estimate of drug-likeness (QED) is 0.201. The zero-order valence-corrected chi connectivity index (χ0v) is 18.0. The largest absolute Gasteiger partial charge is 0.497 e. The SMILES string of the molecule is COc1ccc(NC(=O)CSc2nnc(N/N=C/c3cccc(Cl)c3Cl)n2N)cc1. The molecule has 1 amide bonds. The Morgan fingerprint density at radius 2 is 2.03 bits per heavy atom. The second-order valence-electron chi connectivity index (χ2n) is 5.75. The third-order valence-corrected chi connectivity index (χ3v) is 5.50. The van der Waals surface area contributed by atoms with Crippen LogP contribution in [0.5, 0.6) is 5.75 Å². The molecule has 0 saturated carbocycles. The molecule has 156 valence electrons. The lowest BCUT2D eigenvalue weighted by molar-refractivity contribution is -0.113. The minimum absolute atomic E-state index is 0.1000. The lowest BCUT2D eigenvalue weighted by atomic mass is 10.2. The van der Waals surface area contributed by atoms with Crippen molar-refractivity contribution in [3.05, 3.63) is 58.1 Å². The molecule has 0 spiro atoms. The molecule has 0 aliphatic carbocycles. The predicted molar refractivity (Wildman–Crippen MR) is 120 cm³/mol. The molecule has 0 bridgehead atoms. The number of ether oxygens (including phenoxy) is 1. The third kappa shape index (κ3) is 5.56. The van der Waals surface area contributed by atoms with Gasteiger partial charge in [-0.05, 0) is 30.3 Å². The van der Waals surface area contributed by atoms with E-state index in [1.54, 1.807) is 49.6 Å². The molecule has 0 radical (unpaired) electrons. The summed E-state index contributed by atoms with van der Waals surface area (Å²) in [5.41, 5.74) is 3.96. The molecule has 0 fully saturated rings. The fraction of sp³-hybridized carbons (Fsp3) is 0.111. The molecule has 4 N–H and O–H groups in total. The summed E-state index contributed by atoms with van der Waals surface area (Å²) in [7, 11) is 1.58. The highest BCUT2D eigenvalue weighted by Crippen LogP contribution is 2.24. The molecule has 1 heterocycles. The van der Waals surface area contributed by atoms with Crippen LogP contribution in [0.15, 0.2) is 52.7 Å². The Bertz CT molecular complexity index is 1060. The van der Waals surface area contributed by atoms with Gasteiger partial charge in [0.1, 0.15) is 5.75 Å². The predicted octanol–water partition coefficient (Wildman–Crippen LogP) is 3.48. The number of aromatic nitrogens is 3. The summed E-state index contributed by atoms with van der Waals surface area (Å²) < 4.78 is 6.28. The molecule has 0 unspecified atom stereocenters. The van der Waals surface area contributed by atoms with Gasteiger partial charge in [-0.3, -0.25) is 4.79 Å². The van der Waals surface area contributed by atoms with E-state index in [0.29, 0.717) is 32.2 Å². The minimum atomic E-state index is -0.212. The smallest absolute Gasteiger partial charge is 0.264 e. The van der Waals surface area contributed by atoms with Crippen LogP contribution in [0.3, 0.4) is 0 Å². The Morgan fingerprint density at radius 3 is 2.77 bits per heavy atom. The molecule has 0 aliphatic heterocycles. The molecule has 2 aromatic carbocycles. The van der Waals surface area contributed by atoms with Crippen molar-refractivity contribution in [2.45, 2.75) is 5.16 Å². The number of nitrogens with two attached hydrogens (primary N) is 1. The van der Waals surface area contributed by atoms with Gasteiger partial charge >= 0.3 is 0 Å². The van der Waals surface area contributed by atoms with Crippen LogP contribution in [0.1, 0.15) is 5.56 Å². The van der Waals surface area contributed by atoms with Crippen LogP contribution in [-0.2, 0) is 4.79 Å². The summed E-state index contributed by atoms with van der Waals surface area (Å²) in [4.78, 5) is 12.1. The van der Waals surface area contributed by atoms with Crippen LogP contribution in [0.2, 0.25) is 10.0 Å². The summed E-state index contributed by atoms with van der Waals surface area (Å²) in [5, 5.41) is 15.8. The van der Waals surface area contributed by atoms with Crippen molar-refractivity contribution < 1.29 is 9.53 Å². The fourth-order valence-electron chi connectivity index (χ4n) is 2.23. The highest BCUT2D eigenvalue weighted by atomic mass is 35.5. The fourth-order valence-corrected chi connectivity index (χ4v) is 3.25. The lowest BCUT2D eigenvalue weighted by Gasteiger charge is -2.06. The number of methoxy groups -OCH3 is 1. The number of hydrogen-bond acceptors (Lipinski definition) is 8. The van der Waals surface area contributed by atoms with Gasteiger partial charge in [0.2, 0.25) is 11.1 Å². The van der Waals surface area contributed by atoms with Crippen molar-refractivity contribution in [1.82, 2.24) is 14.9 Å². The first-order chi connectivity index (χ1) is 14.5. The standard InChI is InChI=1S/C18H17Cl2N7O2S/c1-29-13-7-5-12(6-8-13)23-15(28)10-30-18-26-25-17(27(18)21)24-22-9-11-3-2-4-14(19)16(11)20/h2-9H,10,21H2,1H3,(H,23,28)(H,24,25)/b22-9+. The first-order valence-corrected chi connectivity index (χ1v) is 10.2. The molecule has 0 atom stereocenters. The van der Waals surface area contributed by atoms with E-state index in [9.17, 15) is 4.79 Å². The van der Waals surface area contributed by atoms with Gasteiger partial charge < -0.3 is 15.9 Å². The summed E-state index contributed by atoms with van der Waals surface area (Å²) in [6.07, 6.45) is 1.48. The van der Waals surface area contributed by atoms with E-state index in [1.165, 1.54) is 10.9 Å². The Kier molecular flexibility index (Phi) is 7.39. The summed E-state index contributed by atoms with van der Waals surface area (Å²) in [5.74, 6) is 6.74. The number of nitrogens with zero attached hydrogens (tertiary/aromatic N) is 4. The summed E-state index contributed by atoms with van der Waals surface area (Å²) >= 11 is 13.2. The highest BCUT2D eigenvalue weighted by Gasteiger charge is 2.12. The molecule has 3 rings (SSSR count). The number of anilines is 2. The monoisotopic (exact) mass is 465 g/mol. The van der Waals surface area contributed by atoms with Gasteiger partial charge in [0.15, 0.2) is 0 Å². The van der Waals surface area contributed by atoms with Gasteiger partial charge in [-0.25, -0.2) is 10.1 Å². The number of halogens is 2. The number of benzene rings is 2. The van der Waals surface area contributed by atoms with Crippen molar-refractivity contribution >= 4 is 58.7 Å². The van der Waals surface area contributed by atoms with Crippen molar-refractivity contribution in [3.8, 4) is 5.75 Å². The van der Waals surface area contributed by atoms with Crippen molar-refractivity contribution in [2.24, 2.45) is 5.10 Å². The van der Waals surface area contributed by atoms with Gasteiger partial charge in [0.25, 0.3) is 5.95 Å². The van der Waals surface area contributed by atoms with Gasteiger partial charge in [-0.15, -0.1) is 10.2 Å². The number of carbonyl (C=O) groups excluding carboxylic acids is 1. The zero-order valence-electron chi connectivity index (χ0n) is 15.7. The van der Waals surface area contributed by atoms with Crippen LogP contribution in [0, 0.1) is 0 Å². The Labute approximate surface area is 186 Å². The Hall–Kier alpha value is -2.95. The summed E-state index contributed by atoms with van der Waals surface area (Å²) in [6, 6.07) is 12.2. The van der Waals surface area contributed by atoms with Gasteiger partial charge in [0, 0.05) is 11.3 Å². The number of nitrogens with one attached hydrogen (secondary N) is 2. The van der Waals surface area contributed by atoms with Gasteiger partial charge in [-0.1, -0.05) is 47.1 Å². The van der Waals surface area contributed by atoms with Crippen LogP contribution < -0.4 is 21.3 Å². The molecular formula is C18H17Cl2N7O2S. The average Bonchev–Trinajstić information content (AvgIpc) is 3.10. The van der Waals surface area contributed by atoms with Crippen LogP contribution in [0.25, 0.3) is 0 Å². The number of hydrogen-bond donors (Lipinski definition) is 3. The Morgan fingerprint density at radius 1 is 1.27 bits per heavy atom. The Balaban J connectivity index is 1.53. The molecular weight excluding hydrogens is 449 g/mol. The van der Waals surface area contributed by atoms with E-state index < -0.39 is 0 Å². The van der Waals surface area contributed by atoms with Gasteiger partial charge in [0.05, 0.1) is 29.1 Å². The molecule has 9 nitrogen and oxygen atoms in total. The van der Waals surface area contributed by atoms with Crippen LogP contribution in [0.4, 0.5) is 11.6 Å². The van der Waals surface area contributed by atoms with Gasteiger partial charge in [-0.2, -0.15) is 5.10 Å². The number of hydrazone groups is 1. The maximum absolute atomic E-state index is 12.1. The van der Waals surface area contributed by atoms with E-state index in [0.717, 1.165) is 11.8 Å². The number of amides is 1. The van der Waals surface area contributed by atoms with E-state index in [1.807, 2.05) is 0 Å². The summed E-state index contributed by atoms with van der Waals surface area (Å²) in [6.45, 7) is 0. The maximum atomic E-state index is 12.1. The molecule has 0 aliphatic rings. The zero-order chi connectivity index (χ0) is 21.5.